The lowest BCUT2D eigenvalue weighted by molar-refractivity contribution is -0.154. The van der Waals surface area contributed by atoms with Crippen molar-refractivity contribution in [1.82, 2.24) is 20.1 Å². The fraction of sp³-hybridized carbons (Fsp3) is 0.355. The molecular weight excluding hydrogens is 550 g/mol. The zero-order chi connectivity index (χ0) is 30.1. The molecule has 2 saturated heterocycles. The molecule has 2 aromatic carbocycles. The van der Waals surface area contributed by atoms with Gasteiger partial charge in [0.1, 0.15) is 18.3 Å². The van der Waals surface area contributed by atoms with E-state index in [2.05, 4.69) is 49.7 Å². The van der Waals surface area contributed by atoms with Gasteiger partial charge in [-0.3, -0.25) is 24.6 Å². The molecule has 6 rings (SSSR count). The number of imide groups is 1. The molecule has 43 heavy (non-hydrogen) atoms. The second-order valence-electron chi connectivity index (χ2n) is 11.2. The highest BCUT2D eigenvalue weighted by Gasteiger charge is 2.45. The van der Waals surface area contributed by atoms with Crippen LogP contribution in [0.1, 0.15) is 57.9 Å². The van der Waals surface area contributed by atoms with Crippen LogP contribution in [0.3, 0.4) is 0 Å². The highest BCUT2D eigenvalue weighted by Crippen LogP contribution is 2.45. The topological polar surface area (TPSA) is 164 Å². The summed E-state index contributed by atoms with van der Waals surface area (Å²) in [6, 6.07) is 16.5. The van der Waals surface area contributed by atoms with Gasteiger partial charge in [-0.1, -0.05) is 36.4 Å². The maximum Gasteiger partial charge on any atom is 0.250 e. The molecule has 3 aliphatic rings. The van der Waals surface area contributed by atoms with Gasteiger partial charge in [0.15, 0.2) is 0 Å². The molecular formula is C31H35N7O5. The van der Waals surface area contributed by atoms with E-state index in [9.17, 15) is 24.6 Å². The Morgan fingerprint density at radius 2 is 1.72 bits per heavy atom. The van der Waals surface area contributed by atoms with Crippen LogP contribution in [0.15, 0.2) is 60.8 Å². The minimum Gasteiger partial charge on any atom is -0.381 e. The van der Waals surface area contributed by atoms with Crippen LogP contribution in [0.2, 0.25) is 0 Å². The van der Waals surface area contributed by atoms with Crippen molar-refractivity contribution < 1.29 is 24.6 Å². The molecule has 3 aromatic rings. The van der Waals surface area contributed by atoms with Crippen LogP contribution in [-0.4, -0.2) is 74.9 Å². The molecule has 1 aromatic heterocycles. The van der Waals surface area contributed by atoms with Crippen molar-refractivity contribution in [3.05, 3.63) is 88.6 Å². The number of aliphatic hydroxyl groups excluding tert-OH is 2. The van der Waals surface area contributed by atoms with Crippen LogP contribution in [0.5, 0.6) is 0 Å². The predicted molar refractivity (Wildman–Crippen MR) is 158 cm³/mol. The first-order valence-corrected chi connectivity index (χ1v) is 14.4. The molecule has 224 valence electrons. The maximum atomic E-state index is 12.5. The van der Waals surface area contributed by atoms with E-state index < -0.39 is 30.3 Å². The van der Waals surface area contributed by atoms with Gasteiger partial charge < -0.3 is 26.2 Å². The summed E-state index contributed by atoms with van der Waals surface area (Å²) in [4.78, 5) is 45.7. The molecule has 6 N–H and O–H groups in total. The first-order valence-electron chi connectivity index (χ1n) is 14.4. The van der Waals surface area contributed by atoms with E-state index in [-0.39, 0.29) is 18.7 Å². The summed E-state index contributed by atoms with van der Waals surface area (Å²) in [5, 5.41) is 27.8. The standard InChI is InChI=1S/C31H35N7O5/c32-28(40)21-8-10-25(34-17-21)37-14-12-36(13-15-37)18-20-6-4-19(5-7-20)16-33-23-3-1-2-22-27(23)31(43)38(30(22)42)24-9-11-26(39)35-29(24)41/h1-8,10,17,24,30-31,33,42-43H,9,11-16,18H2,(H2,32,40)(H,35,39,41). The molecule has 3 aliphatic heterocycles. The molecule has 3 atom stereocenters. The fourth-order valence-corrected chi connectivity index (χ4v) is 6.07. The number of nitrogens with zero attached hydrogens (tertiary/aromatic N) is 4. The molecule has 12 heteroatoms. The van der Waals surface area contributed by atoms with E-state index in [0.29, 0.717) is 28.9 Å². The van der Waals surface area contributed by atoms with Gasteiger partial charge in [-0.2, -0.15) is 0 Å². The van der Waals surface area contributed by atoms with Crippen LogP contribution in [0.25, 0.3) is 0 Å². The van der Waals surface area contributed by atoms with Crippen molar-refractivity contribution in [3.8, 4) is 0 Å². The highest BCUT2D eigenvalue weighted by atomic mass is 16.3. The van der Waals surface area contributed by atoms with Crippen LogP contribution < -0.4 is 21.3 Å². The first-order chi connectivity index (χ1) is 20.8. The number of aliphatic hydroxyl groups is 2. The Hall–Kier alpha value is -4.36. The van der Waals surface area contributed by atoms with Gasteiger partial charge in [-0.15, -0.1) is 0 Å². The van der Waals surface area contributed by atoms with E-state index in [1.165, 1.54) is 16.7 Å². The third kappa shape index (κ3) is 5.95. The number of hydrogen-bond acceptors (Lipinski definition) is 10. The number of pyridine rings is 1. The zero-order valence-corrected chi connectivity index (χ0v) is 23.6. The molecule has 12 nitrogen and oxygen atoms in total. The lowest BCUT2D eigenvalue weighted by Gasteiger charge is -2.35. The lowest BCUT2D eigenvalue weighted by Crippen LogP contribution is -2.52. The molecule has 0 aliphatic carbocycles. The lowest BCUT2D eigenvalue weighted by atomic mass is 10.0. The van der Waals surface area contributed by atoms with E-state index in [1.54, 1.807) is 18.2 Å². The molecule has 3 unspecified atom stereocenters. The third-order valence-electron chi connectivity index (χ3n) is 8.45. The number of primary amides is 1. The number of anilines is 2. The van der Waals surface area contributed by atoms with Crippen molar-refractivity contribution in [2.75, 3.05) is 36.4 Å². The molecule has 3 amide bonds. The number of carbonyl (C=O) groups excluding carboxylic acids is 3. The second kappa shape index (κ2) is 12.1. The van der Waals surface area contributed by atoms with Crippen molar-refractivity contribution in [1.29, 1.82) is 0 Å². The summed E-state index contributed by atoms with van der Waals surface area (Å²) < 4.78 is 0. The number of hydrogen-bond donors (Lipinski definition) is 5. The molecule has 0 spiro atoms. The number of nitrogens with two attached hydrogens (primary N) is 1. The van der Waals surface area contributed by atoms with Crippen molar-refractivity contribution in [2.45, 2.75) is 44.4 Å². The number of aromatic nitrogens is 1. The Labute approximate surface area is 249 Å². The largest absolute Gasteiger partial charge is 0.381 e. The van der Waals surface area contributed by atoms with Gasteiger partial charge in [-0.05, 0) is 35.7 Å². The van der Waals surface area contributed by atoms with Crippen LogP contribution >= 0.6 is 0 Å². The van der Waals surface area contributed by atoms with E-state index in [4.69, 9.17) is 5.73 Å². The average Bonchev–Trinajstić information content (AvgIpc) is 3.27. The van der Waals surface area contributed by atoms with Gasteiger partial charge >= 0.3 is 0 Å². The molecule has 4 heterocycles. The zero-order valence-electron chi connectivity index (χ0n) is 23.6. The predicted octanol–water partition coefficient (Wildman–Crippen LogP) is 1.22. The number of benzene rings is 2. The number of rotatable bonds is 8. The Morgan fingerprint density at radius 1 is 0.977 bits per heavy atom. The number of fused-ring (bicyclic) bond motifs is 1. The number of amides is 3. The van der Waals surface area contributed by atoms with Crippen molar-refractivity contribution >= 4 is 29.2 Å². The summed E-state index contributed by atoms with van der Waals surface area (Å²) in [7, 11) is 0. The average molecular weight is 586 g/mol. The molecule has 2 fully saturated rings. The summed E-state index contributed by atoms with van der Waals surface area (Å²) >= 11 is 0. The van der Waals surface area contributed by atoms with Crippen LogP contribution in [0, 0.1) is 0 Å². The van der Waals surface area contributed by atoms with Crippen molar-refractivity contribution in [2.24, 2.45) is 5.73 Å². The Bertz CT molecular complexity index is 1510. The van der Waals surface area contributed by atoms with E-state index in [0.717, 1.165) is 44.1 Å². The fourth-order valence-electron chi connectivity index (χ4n) is 6.07. The number of nitrogens with one attached hydrogen (secondary N) is 2. The first kappa shape index (κ1) is 28.7. The number of carbonyl (C=O) groups is 3. The Kier molecular flexibility index (Phi) is 8.08. The smallest absolute Gasteiger partial charge is 0.250 e. The maximum absolute atomic E-state index is 12.5. The summed E-state index contributed by atoms with van der Waals surface area (Å²) in [5.74, 6) is -0.490. The van der Waals surface area contributed by atoms with Crippen LogP contribution in [-0.2, 0) is 22.7 Å². The normalized spacial score (nSPS) is 22.7. The third-order valence-corrected chi connectivity index (χ3v) is 8.45. The number of piperidine rings is 1. The Morgan fingerprint density at radius 3 is 2.40 bits per heavy atom. The van der Waals surface area contributed by atoms with E-state index >= 15 is 0 Å². The van der Waals surface area contributed by atoms with Gasteiger partial charge in [0.2, 0.25) is 17.7 Å². The molecule has 0 bridgehead atoms. The summed E-state index contributed by atoms with van der Waals surface area (Å²) in [6.07, 6.45) is -0.430. The minimum atomic E-state index is -1.19. The highest BCUT2D eigenvalue weighted by molar-refractivity contribution is 6.00. The van der Waals surface area contributed by atoms with Crippen molar-refractivity contribution in [3.63, 3.8) is 0 Å². The monoisotopic (exact) mass is 585 g/mol. The molecule has 0 radical (unpaired) electrons. The van der Waals surface area contributed by atoms with E-state index in [1.807, 2.05) is 12.1 Å². The second-order valence-corrected chi connectivity index (χ2v) is 11.2. The minimum absolute atomic E-state index is 0.158. The SMILES string of the molecule is NC(=O)c1ccc(N2CCN(Cc3ccc(CNc4cccc5c4C(O)N(C4CCC(=O)NC4=O)C5O)cc3)CC2)nc1. The van der Waals surface area contributed by atoms with Crippen LogP contribution in [0.4, 0.5) is 11.5 Å². The number of piperazine rings is 1. The summed E-state index contributed by atoms with van der Waals surface area (Å²) in [5.41, 5.74) is 9.74. The molecule has 0 saturated carbocycles. The summed E-state index contributed by atoms with van der Waals surface area (Å²) in [6.45, 7) is 4.82. The van der Waals surface area contributed by atoms with Gasteiger partial charge in [0.25, 0.3) is 0 Å². The Balaban J connectivity index is 1.03. The van der Waals surface area contributed by atoms with Gasteiger partial charge in [-0.25, -0.2) is 9.88 Å². The van der Waals surface area contributed by atoms with Gasteiger partial charge in [0, 0.05) is 68.7 Å². The quantitative estimate of drug-likeness (QED) is 0.243. The van der Waals surface area contributed by atoms with Gasteiger partial charge in [0.05, 0.1) is 11.6 Å².